The Balaban J connectivity index is 1.88. The average molecular weight is 347 g/mol. The van der Waals surface area contributed by atoms with E-state index in [0.717, 1.165) is 43.1 Å². The third-order valence-electron chi connectivity index (χ3n) is 4.85. The van der Waals surface area contributed by atoms with Crippen LogP contribution in [0.5, 0.6) is 0 Å². The average Bonchev–Trinajstić information content (AvgIpc) is 2.53. The first kappa shape index (κ1) is 18.1. The Hall–Kier alpha value is -1.73. The maximum atomic E-state index is 12.4. The first-order valence-electron chi connectivity index (χ1n) is 8.94. The van der Waals surface area contributed by atoms with Crippen molar-refractivity contribution in [1.29, 1.82) is 0 Å². The standard InChI is InChI=1S/C18H29N5O2/c1-17(2)9-13(21-15(24)18(3,4)19)12-11-20-16(22-14(12)10-17)23-5-7-25-8-6-23/h11,13H,5-10,19H2,1-4H3,(H,21,24)/t13-/m0/s1. The van der Waals surface area contributed by atoms with E-state index in [-0.39, 0.29) is 17.4 Å². The molecule has 3 N–H and O–H groups in total. The number of hydrogen-bond donors (Lipinski definition) is 2. The first-order chi connectivity index (χ1) is 11.7. The summed E-state index contributed by atoms with van der Waals surface area (Å²) < 4.78 is 5.40. The zero-order valence-electron chi connectivity index (χ0n) is 15.6. The zero-order valence-corrected chi connectivity index (χ0v) is 15.6. The van der Waals surface area contributed by atoms with Crippen molar-refractivity contribution in [3.05, 3.63) is 17.5 Å². The second-order valence-corrected chi connectivity index (χ2v) is 8.46. The number of anilines is 1. The van der Waals surface area contributed by atoms with Crippen LogP contribution in [0.25, 0.3) is 0 Å². The number of nitrogens with two attached hydrogens (primary N) is 1. The fourth-order valence-corrected chi connectivity index (χ4v) is 3.43. The van der Waals surface area contributed by atoms with E-state index < -0.39 is 5.54 Å². The monoisotopic (exact) mass is 347 g/mol. The molecule has 2 aliphatic rings. The Morgan fingerprint density at radius 2 is 2.08 bits per heavy atom. The fraction of sp³-hybridized carbons (Fsp3) is 0.722. The molecule has 7 heteroatoms. The van der Waals surface area contributed by atoms with Gasteiger partial charge in [-0.2, -0.15) is 0 Å². The van der Waals surface area contributed by atoms with E-state index in [1.807, 2.05) is 6.20 Å². The largest absolute Gasteiger partial charge is 0.378 e. The highest BCUT2D eigenvalue weighted by Crippen LogP contribution is 2.40. The van der Waals surface area contributed by atoms with Crippen molar-refractivity contribution in [1.82, 2.24) is 15.3 Å². The molecule has 1 aromatic heterocycles. The SMILES string of the molecule is CC1(C)Cc2nc(N3CCOCC3)ncc2[C@@H](NC(=O)C(C)(C)N)C1. The molecular formula is C18H29N5O2. The molecule has 0 aromatic carbocycles. The summed E-state index contributed by atoms with van der Waals surface area (Å²) in [6, 6.07) is -0.104. The van der Waals surface area contributed by atoms with Gasteiger partial charge in [0.2, 0.25) is 11.9 Å². The molecule has 25 heavy (non-hydrogen) atoms. The highest BCUT2D eigenvalue weighted by atomic mass is 16.5. The van der Waals surface area contributed by atoms with Crippen LogP contribution in [-0.2, 0) is 16.0 Å². The Kier molecular flexibility index (Phi) is 4.72. The van der Waals surface area contributed by atoms with E-state index in [2.05, 4.69) is 29.0 Å². The number of carbonyl (C=O) groups is 1. The third-order valence-corrected chi connectivity index (χ3v) is 4.85. The molecule has 2 heterocycles. The molecule has 0 bridgehead atoms. The molecule has 1 saturated heterocycles. The van der Waals surface area contributed by atoms with Gasteiger partial charge >= 0.3 is 0 Å². The molecule has 7 nitrogen and oxygen atoms in total. The summed E-state index contributed by atoms with van der Waals surface area (Å²) >= 11 is 0. The summed E-state index contributed by atoms with van der Waals surface area (Å²) in [5.74, 6) is 0.599. The Morgan fingerprint density at radius 3 is 2.72 bits per heavy atom. The quantitative estimate of drug-likeness (QED) is 0.853. The Labute approximate surface area is 149 Å². The van der Waals surface area contributed by atoms with Gasteiger partial charge in [0.1, 0.15) is 0 Å². The molecule has 1 aromatic rings. The van der Waals surface area contributed by atoms with Gasteiger partial charge in [-0.05, 0) is 32.1 Å². The number of ether oxygens (including phenoxy) is 1. The lowest BCUT2D eigenvalue weighted by Crippen LogP contribution is -2.51. The van der Waals surface area contributed by atoms with Gasteiger partial charge in [-0.15, -0.1) is 0 Å². The fourth-order valence-electron chi connectivity index (χ4n) is 3.43. The number of carbonyl (C=O) groups excluding carboxylic acids is 1. The van der Waals surface area contributed by atoms with Gasteiger partial charge in [-0.3, -0.25) is 4.79 Å². The lowest BCUT2D eigenvalue weighted by molar-refractivity contribution is -0.126. The lowest BCUT2D eigenvalue weighted by atomic mass is 9.74. The molecule has 1 amide bonds. The Bertz CT molecular complexity index is 647. The van der Waals surface area contributed by atoms with E-state index in [4.69, 9.17) is 15.5 Å². The number of fused-ring (bicyclic) bond motifs is 1. The summed E-state index contributed by atoms with van der Waals surface area (Å²) in [4.78, 5) is 23.9. The smallest absolute Gasteiger partial charge is 0.239 e. The van der Waals surface area contributed by atoms with Crippen molar-refractivity contribution in [2.24, 2.45) is 11.1 Å². The van der Waals surface area contributed by atoms with Crippen molar-refractivity contribution in [2.45, 2.75) is 52.1 Å². The number of aromatic nitrogens is 2. The highest BCUT2D eigenvalue weighted by molar-refractivity contribution is 5.85. The zero-order chi connectivity index (χ0) is 18.2. The van der Waals surface area contributed by atoms with E-state index >= 15 is 0 Å². The first-order valence-corrected chi connectivity index (χ1v) is 8.94. The molecule has 0 radical (unpaired) electrons. The number of nitrogens with zero attached hydrogens (tertiary/aromatic N) is 3. The van der Waals surface area contributed by atoms with Crippen LogP contribution < -0.4 is 16.0 Å². The van der Waals surface area contributed by atoms with Crippen LogP contribution in [0.15, 0.2) is 6.20 Å². The van der Waals surface area contributed by atoms with Crippen LogP contribution >= 0.6 is 0 Å². The summed E-state index contributed by atoms with van der Waals surface area (Å²) in [7, 11) is 0. The van der Waals surface area contributed by atoms with Gasteiger partial charge in [0.15, 0.2) is 0 Å². The molecule has 1 aliphatic carbocycles. The molecule has 3 rings (SSSR count). The number of nitrogens with one attached hydrogen (secondary N) is 1. The second kappa shape index (κ2) is 6.53. The predicted octanol–water partition coefficient (Wildman–Crippen LogP) is 1.18. The van der Waals surface area contributed by atoms with Crippen molar-refractivity contribution < 1.29 is 9.53 Å². The van der Waals surface area contributed by atoms with E-state index in [1.165, 1.54) is 0 Å². The summed E-state index contributed by atoms with van der Waals surface area (Å²) in [5.41, 5.74) is 7.12. The predicted molar refractivity (Wildman–Crippen MR) is 96.3 cm³/mol. The van der Waals surface area contributed by atoms with Crippen molar-refractivity contribution in [2.75, 3.05) is 31.2 Å². The van der Waals surface area contributed by atoms with Crippen molar-refractivity contribution in [3.8, 4) is 0 Å². The molecule has 1 fully saturated rings. The van der Waals surface area contributed by atoms with Gasteiger partial charge in [0.05, 0.1) is 30.5 Å². The topological polar surface area (TPSA) is 93.4 Å². The van der Waals surface area contributed by atoms with Crippen LogP contribution in [0, 0.1) is 5.41 Å². The van der Waals surface area contributed by atoms with Crippen molar-refractivity contribution >= 4 is 11.9 Å². The molecule has 0 unspecified atom stereocenters. The normalized spacial score (nSPS) is 23.1. The number of morpholine rings is 1. The van der Waals surface area contributed by atoms with Gasteiger partial charge in [0.25, 0.3) is 0 Å². The lowest BCUT2D eigenvalue weighted by Gasteiger charge is -2.38. The van der Waals surface area contributed by atoms with Crippen LogP contribution in [0.3, 0.4) is 0 Å². The van der Waals surface area contributed by atoms with E-state index in [0.29, 0.717) is 13.2 Å². The minimum absolute atomic E-state index is 0.0559. The van der Waals surface area contributed by atoms with Gasteiger partial charge < -0.3 is 20.7 Å². The number of rotatable bonds is 3. The molecule has 1 atom stereocenters. The minimum atomic E-state index is -0.906. The van der Waals surface area contributed by atoms with Gasteiger partial charge in [-0.1, -0.05) is 13.8 Å². The summed E-state index contributed by atoms with van der Waals surface area (Å²) in [6.45, 7) is 10.9. The second-order valence-electron chi connectivity index (χ2n) is 8.46. The van der Waals surface area contributed by atoms with E-state index in [1.54, 1.807) is 13.8 Å². The highest BCUT2D eigenvalue weighted by Gasteiger charge is 2.36. The van der Waals surface area contributed by atoms with Crippen LogP contribution in [0.1, 0.15) is 51.4 Å². The third kappa shape index (κ3) is 4.10. The molecule has 0 spiro atoms. The molecular weight excluding hydrogens is 318 g/mol. The molecule has 0 saturated carbocycles. The summed E-state index contributed by atoms with van der Waals surface area (Å²) in [6.07, 6.45) is 3.60. The number of amides is 1. The Morgan fingerprint density at radius 1 is 1.40 bits per heavy atom. The van der Waals surface area contributed by atoms with Gasteiger partial charge in [-0.25, -0.2) is 9.97 Å². The van der Waals surface area contributed by atoms with Crippen LogP contribution in [0.4, 0.5) is 5.95 Å². The van der Waals surface area contributed by atoms with Gasteiger partial charge in [0, 0.05) is 24.8 Å². The minimum Gasteiger partial charge on any atom is -0.378 e. The van der Waals surface area contributed by atoms with Crippen LogP contribution in [-0.4, -0.2) is 47.7 Å². The maximum Gasteiger partial charge on any atom is 0.239 e. The van der Waals surface area contributed by atoms with Crippen LogP contribution in [0.2, 0.25) is 0 Å². The maximum absolute atomic E-state index is 12.4. The molecule has 138 valence electrons. The summed E-state index contributed by atoms with van der Waals surface area (Å²) in [5, 5.41) is 3.09. The molecule has 1 aliphatic heterocycles. The number of hydrogen-bond acceptors (Lipinski definition) is 6. The van der Waals surface area contributed by atoms with Crippen molar-refractivity contribution in [3.63, 3.8) is 0 Å². The van der Waals surface area contributed by atoms with E-state index in [9.17, 15) is 4.79 Å².